The van der Waals surface area contributed by atoms with Crippen molar-refractivity contribution in [2.75, 3.05) is 11.9 Å². The summed E-state index contributed by atoms with van der Waals surface area (Å²) >= 11 is 12.0. The van der Waals surface area contributed by atoms with E-state index in [1.54, 1.807) is 24.5 Å². The standard InChI is InChI=1S/C22H21Cl2NO3/c1-5-27-21-14(4)22-17(13(3)11-28-22)10-16(21)12(2)8-20(26)25-19-7-6-15(23)9-18(19)24/h6-11H,5H2,1-4H3,(H,25,26)/b12-8+. The molecule has 0 unspecified atom stereocenters. The van der Waals surface area contributed by atoms with Gasteiger partial charge in [-0.25, -0.2) is 0 Å². The maximum atomic E-state index is 12.5. The summed E-state index contributed by atoms with van der Waals surface area (Å²) in [6.45, 7) is 8.26. The second-order valence-corrected chi connectivity index (χ2v) is 7.39. The largest absolute Gasteiger partial charge is 0.493 e. The molecule has 28 heavy (non-hydrogen) atoms. The number of hydrogen-bond donors (Lipinski definition) is 1. The molecule has 0 spiro atoms. The molecular weight excluding hydrogens is 397 g/mol. The number of amides is 1. The molecule has 1 N–H and O–H groups in total. The summed E-state index contributed by atoms with van der Waals surface area (Å²) in [5, 5.41) is 4.68. The van der Waals surface area contributed by atoms with Gasteiger partial charge in [0.05, 0.1) is 23.6 Å². The number of aryl methyl sites for hydroxylation is 2. The monoisotopic (exact) mass is 417 g/mol. The van der Waals surface area contributed by atoms with Crippen LogP contribution in [0.5, 0.6) is 5.75 Å². The zero-order valence-corrected chi connectivity index (χ0v) is 17.7. The highest BCUT2D eigenvalue weighted by Crippen LogP contribution is 2.37. The summed E-state index contributed by atoms with van der Waals surface area (Å²) in [4.78, 5) is 12.5. The second-order valence-electron chi connectivity index (χ2n) is 6.55. The topological polar surface area (TPSA) is 51.5 Å². The highest BCUT2D eigenvalue weighted by atomic mass is 35.5. The fraction of sp³-hybridized carbons (Fsp3) is 0.227. The lowest BCUT2D eigenvalue weighted by Gasteiger charge is -2.14. The van der Waals surface area contributed by atoms with Crippen LogP contribution in [0.2, 0.25) is 10.0 Å². The number of ether oxygens (including phenoxy) is 1. The number of carbonyl (C=O) groups is 1. The van der Waals surface area contributed by atoms with E-state index in [4.69, 9.17) is 32.4 Å². The number of furan rings is 1. The summed E-state index contributed by atoms with van der Waals surface area (Å²) in [7, 11) is 0. The van der Waals surface area contributed by atoms with Crippen molar-refractivity contribution in [3.8, 4) is 5.75 Å². The average molecular weight is 418 g/mol. The highest BCUT2D eigenvalue weighted by molar-refractivity contribution is 6.36. The molecule has 0 saturated carbocycles. The van der Waals surface area contributed by atoms with Crippen LogP contribution in [0.4, 0.5) is 5.69 Å². The van der Waals surface area contributed by atoms with Crippen LogP contribution >= 0.6 is 23.2 Å². The van der Waals surface area contributed by atoms with Gasteiger partial charge in [0, 0.05) is 27.6 Å². The average Bonchev–Trinajstić information content (AvgIpc) is 3.01. The molecule has 1 amide bonds. The van der Waals surface area contributed by atoms with E-state index in [-0.39, 0.29) is 5.91 Å². The molecule has 3 aromatic rings. The summed E-state index contributed by atoms with van der Waals surface area (Å²) in [6.07, 6.45) is 3.26. The molecule has 0 aliphatic rings. The van der Waals surface area contributed by atoms with Gasteiger partial charge in [-0.05, 0) is 63.1 Å². The summed E-state index contributed by atoms with van der Waals surface area (Å²) in [6, 6.07) is 6.93. The molecule has 146 valence electrons. The van der Waals surface area contributed by atoms with Gasteiger partial charge in [-0.3, -0.25) is 4.79 Å². The molecule has 0 radical (unpaired) electrons. The van der Waals surface area contributed by atoms with Crippen LogP contribution in [0.25, 0.3) is 16.5 Å². The van der Waals surface area contributed by atoms with Crippen molar-refractivity contribution in [2.45, 2.75) is 27.7 Å². The molecule has 0 aliphatic carbocycles. The van der Waals surface area contributed by atoms with Gasteiger partial charge in [-0.2, -0.15) is 0 Å². The van der Waals surface area contributed by atoms with Crippen LogP contribution in [0, 0.1) is 13.8 Å². The summed E-state index contributed by atoms with van der Waals surface area (Å²) < 4.78 is 11.6. The fourth-order valence-corrected chi connectivity index (χ4v) is 3.55. The first-order valence-corrected chi connectivity index (χ1v) is 9.66. The van der Waals surface area contributed by atoms with E-state index in [0.717, 1.165) is 39.0 Å². The Labute approximate surface area is 174 Å². The molecule has 0 fully saturated rings. The van der Waals surface area contributed by atoms with Crippen molar-refractivity contribution >= 4 is 51.3 Å². The molecular formula is C22H21Cl2NO3. The van der Waals surface area contributed by atoms with Gasteiger partial charge in [0.1, 0.15) is 11.3 Å². The van der Waals surface area contributed by atoms with Crippen LogP contribution in [0.3, 0.4) is 0 Å². The number of anilines is 1. The van der Waals surface area contributed by atoms with Crippen molar-refractivity contribution in [2.24, 2.45) is 0 Å². The Kier molecular flexibility index (Phi) is 6.01. The predicted octanol–water partition coefficient (Wildman–Crippen LogP) is 6.80. The molecule has 2 aromatic carbocycles. The van der Waals surface area contributed by atoms with E-state index >= 15 is 0 Å². The second kappa shape index (κ2) is 8.29. The van der Waals surface area contributed by atoms with Gasteiger partial charge in [-0.15, -0.1) is 0 Å². The van der Waals surface area contributed by atoms with Crippen LogP contribution in [0.15, 0.2) is 41.0 Å². The minimum absolute atomic E-state index is 0.286. The number of carbonyl (C=O) groups excluding carboxylic acids is 1. The lowest BCUT2D eigenvalue weighted by molar-refractivity contribution is -0.111. The van der Waals surface area contributed by atoms with Gasteiger partial charge in [0.15, 0.2) is 0 Å². The van der Waals surface area contributed by atoms with Crippen molar-refractivity contribution in [3.05, 3.63) is 63.3 Å². The lowest BCUT2D eigenvalue weighted by atomic mass is 9.98. The molecule has 4 nitrogen and oxygen atoms in total. The lowest BCUT2D eigenvalue weighted by Crippen LogP contribution is -2.09. The van der Waals surface area contributed by atoms with E-state index in [0.29, 0.717) is 22.3 Å². The normalized spacial score (nSPS) is 11.7. The van der Waals surface area contributed by atoms with Crippen LogP contribution < -0.4 is 10.1 Å². The molecule has 0 saturated heterocycles. The van der Waals surface area contributed by atoms with E-state index in [1.807, 2.05) is 33.8 Å². The fourth-order valence-electron chi connectivity index (χ4n) is 3.10. The molecule has 0 bridgehead atoms. The minimum atomic E-state index is -0.286. The Morgan fingerprint density at radius 2 is 2.00 bits per heavy atom. The van der Waals surface area contributed by atoms with E-state index in [9.17, 15) is 4.79 Å². The number of halogens is 2. The smallest absolute Gasteiger partial charge is 0.248 e. The van der Waals surface area contributed by atoms with E-state index in [1.165, 1.54) is 6.08 Å². The predicted molar refractivity (Wildman–Crippen MR) is 116 cm³/mol. The van der Waals surface area contributed by atoms with Crippen molar-refractivity contribution in [3.63, 3.8) is 0 Å². The highest BCUT2D eigenvalue weighted by Gasteiger charge is 2.17. The number of hydrogen-bond acceptors (Lipinski definition) is 3. The Hall–Kier alpha value is -2.43. The van der Waals surface area contributed by atoms with Gasteiger partial charge in [0.2, 0.25) is 5.91 Å². The number of nitrogens with one attached hydrogen (secondary N) is 1. The molecule has 0 aliphatic heterocycles. The molecule has 6 heteroatoms. The Balaban J connectivity index is 1.99. The first-order valence-electron chi connectivity index (χ1n) is 8.90. The van der Waals surface area contributed by atoms with Crippen LogP contribution in [-0.2, 0) is 4.79 Å². The van der Waals surface area contributed by atoms with Crippen molar-refractivity contribution in [1.82, 2.24) is 0 Å². The molecule has 1 aromatic heterocycles. The van der Waals surface area contributed by atoms with Crippen molar-refractivity contribution < 1.29 is 13.9 Å². The SMILES string of the molecule is CCOc1c(/C(C)=C/C(=O)Nc2ccc(Cl)cc2Cl)cc2c(C)coc2c1C. The number of rotatable bonds is 5. The number of fused-ring (bicyclic) bond motifs is 1. The summed E-state index contributed by atoms with van der Waals surface area (Å²) in [5.74, 6) is 0.432. The zero-order valence-electron chi connectivity index (χ0n) is 16.2. The quantitative estimate of drug-likeness (QED) is 0.464. The van der Waals surface area contributed by atoms with Gasteiger partial charge < -0.3 is 14.5 Å². The minimum Gasteiger partial charge on any atom is -0.493 e. The third kappa shape index (κ3) is 4.03. The van der Waals surface area contributed by atoms with E-state index < -0.39 is 0 Å². The summed E-state index contributed by atoms with van der Waals surface area (Å²) in [5.41, 5.74) is 4.88. The number of benzene rings is 2. The van der Waals surface area contributed by atoms with Crippen LogP contribution in [0.1, 0.15) is 30.5 Å². The van der Waals surface area contributed by atoms with E-state index in [2.05, 4.69) is 5.32 Å². The number of allylic oxidation sites excluding steroid dienone is 1. The molecule has 3 rings (SSSR count). The van der Waals surface area contributed by atoms with Gasteiger partial charge in [-0.1, -0.05) is 23.2 Å². The third-order valence-corrected chi connectivity index (χ3v) is 5.04. The molecule has 0 atom stereocenters. The first kappa shape index (κ1) is 20.3. The van der Waals surface area contributed by atoms with Crippen LogP contribution in [-0.4, -0.2) is 12.5 Å². The van der Waals surface area contributed by atoms with Gasteiger partial charge in [0.25, 0.3) is 0 Å². The maximum absolute atomic E-state index is 12.5. The molecule has 1 heterocycles. The Bertz CT molecular complexity index is 1080. The Morgan fingerprint density at radius 3 is 2.68 bits per heavy atom. The first-order chi connectivity index (χ1) is 13.3. The Morgan fingerprint density at radius 1 is 1.25 bits per heavy atom. The van der Waals surface area contributed by atoms with Crippen molar-refractivity contribution in [1.29, 1.82) is 0 Å². The van der Waals surface area contributed by atoms with Gasteiger partial charge >= 0.3 is 0 Å². The zero-order chi connectivity index (χ0) is 20.4. The maximum Gasteiger partial charge on any atom is 0.248 e. The third-order valence-electron chi connectivity index (χ3n) is 4.49.